The molecular formula is C20H22F2N4O. The van der Waals surface area contributed by atoms with Crippen LogP contribution in [0.2, 0.25) is 0 Å². The van der Waals surface area contributed by atoms with Crippen molar-refractivity contribution in [3.8, 4) is 0 Å². The third kappa shape index (κ3) is 3.23. The number of nitrogens with one attached hydrogen (secondary N) is 1. The standard InChI is InChI=1S/C20H22F2N4O/c21-14-6-4-13(5-7-14)12-26-16-3-1-2-15(25-10-8-24-9-11-25)17(16)18(22)19(26)20(23)27/h1-7,18-19,24H,8-12H2,(H2,23,27). The maximum absolute atomic E-state index is 15.4. The average molecular weight is 372 g/mol. The van der Waals surface area contributed by atoms with Gasteiger partial charge in [-0.05, 0) is 29.8 Å². The Morgan fingerprint density at radius 1 is 1.11 bits per heavy atom. The van der Waals surface area contributed by atoms with Crippen LogP contribution in [-0.4, -0.2) is 38.1 Å². The fourth-order valence-corrected chi connectivity index (χ4v) is 3.99. The first-order valence-corrected chi connectivity index (χ1v) is 9.09. The second-order valence-electron chi connectivity index (χ2n) is 6.95. The number of benzene rings is 2. The van der Waals surface area contributed by atoms with Gasteiger partial charge in [-0.1, -0.05) is 18.2 Å². The topological polar surface area (TPSA) is 61.6 Å². The first kappa shape index (κ1) is 17.7. The largest absolute Gasteiger partial charge is 0.369 e. The zero-order valence-corrected chi connectivity index (χ0v) is 14.9. The third-order valence-corrected chi connectivity index (χ3v) is 5.27. The fraction of sp³-hybridized carbons (Fsp3) is 0.350. The molecule has 2 aliphatic heterocycles. The lowest BCUT2D eigenvalue weighted by Gasteiger charge is -2.31. The number of primary amides is 1. The van der Waals surface area contributed by atoms with Crippen LogP contribution in [0.3, 0.4) is 0 Å². The molecule has 0 saturated carbocycles. The number of nitrogens with zero attached hydrogens (tertiary/aromatic N) is 2. The first-order valence-electron chi connectivity index (χ1n) is 9.09. The second kappa shape index (κ2) is 7.15. The van der Waals surface area contributed by atoms with Gasteiger partial charge in [0.25, 0.3) is 0 Å². The number of hydrogen-bond acceptors (Lipinski definition) is 4. The molecule has 142 valence electrons. The summed E-state index contributed by atoms with van der Waals surface area (Å²) >= 11 is 0. The monoisotopic (exact) mass is 372 g/mol. The van der Waals surface area contributed by atoms with Gasteiger partial charge in [0.1, 0.15) is 11.9 Å². The van der Waals surface area contributed by atoms with Crippen molar-refractivity contribution in [2.45, 2.75) is 18.8 Å². The van der Waals surface area contributed by atoms with Crippen LogP contribution in [0.4, 0.5) is 20.2 Å². The number of halogens is 2. The predicted molar refractivity (Wildman–Crippen MR) is 101 cm³/mol. The van der Waals surface area contributed by atoms with Crippen molar-refractivity contribution in [1.82, 2.24) is 5.32 Å². The van der Waals surface area contributed by atoms with E-state index in [1.807, 2.05) is 18.2 Å². The maximum atomic E-state index is 15.4. The number of amides is 1. The molecule has 2 aliphatic rings. The molecule has 2 aromatic carbocycles. The van der Waals surface area contributed by atoms with Crippen molar-refractivity contribution in [1.29, 1.82) is 0 Å². The number of hydrogen-bond donors (Lipinski definition) is 2. The molecule has 0 aliphatic carbocycles. The van der Waals surface area contributed by atoms with Crippen LogP contribution < -0.4 is 20.9 Å². The average Bonchev–Trinajstić information content (AvgIpc) is 2.96. The van der Waals surface area contributed by atoms with E-state index in [-0.39, 0.29) is 12.4 Å². The Kier molecular flexibility index (Phi) is 4.70. The van der Waals surface area contributed by atoms with E-state index in [0.29, 0.717) is 11.3 Å². The number of piperazine rings is 1. The van der Waals surface area contributed by atoms with Crippen molar-refractivity contribution in [2.75, 3.05) is 36.0 Å². The molecule has 0 spiro atoms. The van der Waals surface area contributed by atoms with Crippen molar-refractivity contribution >= 4 is 17.3 Å². The number of fused-ring (bicyclic) bond motifs is 1. The summed E-state index contributed by atoms with van der Waals surface area (Å²) in [6.45, 7) is 3.51. The predicted octanol–water partition coefficient (Wildman–Crippen LogP) is 2.12. The summed E-state index contributed by atoms with van der Waals surface area (Å²) in [5.41, 5.74) is 8.35. The van der Waals surface area contributed by atoms with Crippen LogP contribution in [0.1, 0.15) is 17.3 Å². The van der Waals surface area contributed by atoms with E-state index >= 15 is 4.39 Å². The van der Waals surface area contributed by atoms with Gasteiger partial charge in [-0.15, -0.1) is 0 Å². The molecule has 7 heteroatoms. The third-order valence-electron chi connectivity index (χ3n) is 5.27. The number of nitrogens with two attached hydrogens (primary N) is 1. The van der Waals surface area contributed by atoms with Crippen molar-refractivity contribution in [3.63, 3.8) is 0 Å². The number of anilines is 2. The molecule has 1 fully saturated rings. The highest BCUT2D eigenvalue weighted by molar-refractivity contribution is 5.89. The fourth-order valence-electron chi connectivity index (χ4n) is 3.99. The number of carbonyl (C=O) groups is 1. The van der Waals surface area contributed by atoms with Crippen molar-refractivity contribution < 1.29 is 13.6 Å². The van der Waals surface area contributed by atoms with Gasteiger partial charge < -0.3 is 20.9 Å². The molecule has 1 saturated heterocycles. The van der Waals surface area contributed by atoms with Crippen LogP contribution in [-0.2, 0) is 11.3 Å². The molecule has 0 radical (unpaired) electrons. The molecule has 4 rings (SSSR count). The molecule has 2 atom stereocenters. The lowest BCUT2D eigenvalue weighted by molar-refractivity contribution is -0.120. The molecule has 27 heavy (non-hydrogen) atoms. The minimum absolute atomic E-state index is 0.284. The normalized spacial score (nSPS) is 22.0. The SMILES string of the molecule is NC(=O)C1C(F)c2c(N3CCNCC3)cccc2N1Cc1ccc(F)cc1. The van der Waals surface area contributed by atoms with E-state index in [4.69, 9.17) is 5.73 Å². The summed E-state index contributed by atoms with van der Waals surface area (Å²) in [4.78, 5) is 15.9. The number of rotatable bonds is 4. The van der Waals surface area contributed by atoms with Gasteiger partial charge in [0.05, 0.1) is 0 Å². The summed E-state index contributed by atoms with van der Waals surface area (Å²) in [7, 11) is 0. The van der Waals surface area contributed by atoms with Gasteiger partial charge in [-0.25, -0.2) is 8.78 Å². The van der Waals surface area contributed by atoms with Gasteiger partial charge >= 0.3 is 0 Å². The highest BCUT2D eigenvalue weighted by Crippen LogP contribution is 2.47. The summed E-state index contributed by atoms with van der Waals surface area (Å²) in [5, 5.41) is 3.29. The molecule has 3 N–H and O–H groups in total. The molecule has 1 amide bonds. The summed E-state index contributed by atoms with van der Waals surface area (Å²) in [6.07, 6.45) is -1.50. The second-order valence-corrected chi connectivity index (χ2v) is 6.95. The van der Waals surface area contributed by atoms with E-state index in [1.165, 1.54) is 12.1 Å². The molecule has 2 heterocycles. The Bertz CT molecular complexity index is 836. The minimum Gasteiger partial charge on any atom is -0.369 e. The summed E-state index contributed by atoms with van der Waals surface area (Å²) < 4.78 is 28.6. The van der Waals surface area contributed by atoms with Crippen LogP contribution in [0.25, 0.3) is 0 Å². The number of carbonyl (C=O) groups excluding carboxylic acids is 1. The van der Waals surface area contributed by atoms with E-state index in [1.54, 1.807) is 17.0 Å². The van der Waals surface area contributed by atoms with Gasteiger partial charge in [0, 0.05) is 49.7 Å². The zero-order valence-electron chi connectivity index (χ0n) is 14.9. The quantitative estimate of drug-likeness (QED) is 0.863. The Balaban J connectivity index is 1.73. The van der Waals surface area contributed by atoms with Crippen molar-refractivity contribution in [3.05, 3.63) is 59.4 Å². The number of alkyl halides is 1. The Labute approximate surface area is 156 Å². The Hall–Kier alpha value is -2.67. The lowest BCUT2D eigenvalue weighted by Crippen LogP contribution is -2.44. The van der Waals surface area contributed by atoms with Gasteiger partial charge in [0.2, 0.25) is 5.91 Å². The highest BCUT2D eigenvalue weighted by Gasteiger charge is 2.44. The maximum Gasteiger partial charge on any atom is 0.243 e. The van der Waals surface area contributed by atoms with E-state index in [0.717, 1.165) is 37.4 Å². The highest BCUT2D eigenvalue weighted by atomic mass is 19.1. The van der Waals surface area contributed by atoms with Gasteiger partial charge in [-0.3, -0.25) is 4.79 Å². The van der Waals surface area contributed by atoms with Crippen LogP contribution in [0.5, 0.6) is 0 Å². The van der Waals surface area contributed by atoms with E-state index in [9.17, 15) is 9.18 Å². The Morgan fingerprint density at radius 3 is 2.44 bits per heavy atom. The molecule has 2 unspecified atom stereocenters. The smallest absolute Gasteiger partial charge is 0.243 e. The Morgan fingerprint density at radius 2 is 1.78 bits per heavy atom. The molecule has 0 aromatic heterocycles. The molecule has 5 nitrogen and oxygen atoms in total. The van der Waals surface area contributed by atoms with Gasteiger partial charge in [-0.2, -0.15) is 0 Å². The van der Waals surface area contributed by atoms with E-state index < -0.39 is 18.1 Å². The molecule has 0 bridgehead atoms. The summed E-state index contributed by atoms with van der Waals surface area (Å²) in [5.74, 6) is -1.04. The van der Waals surface area contributed by atoms with Crippen LogP contribution in [0.15, 0.2) is 42.5 Å². The van der Waals surface area contributed by atoms with E-state index in [2.05, 4.69) is 10.2 Å². The summed E-state index contributed by atoms with van der Waals surface area (Å²) in [6, 6.07) is 10.5. The zero-order chi connectivity index (χ0) is 19.0. The first-order chi connectivity index (χ1) is 13.1. The van der Waals surface area contributed by atoms with Crippen molar-refractivity contribution in [2.24, 2.45) is 5.73 Å². The van der Waals surface area contributed by atoms with Crippen LogP contribution in [0, 0.1) is 5.82 Å². The van der Waals surface area contributed by atoms with Gasteiger partial charge in [0.15, 0.2) is 6.17 Å². The van der Waals surface area contributed by atoms with Crippen LogP contribution >= 0.6 is 0 Å². The minimum atomic E-state index is -1.50. The molecular weight excluding hydrogens is 350 g/mol. The molecule has 2 aromatic rings. The lowest BCUT2D eigenvalue weighted by atomic mass is 10.0.